The number of H-pyrrole nitrogens is 1. The van der Waals surface area contributed by atoms with Crippen molar-refractivity contribution in [1.29, 1.82) is 0 Å². The van der Waals surface area contributed by atoms with Gasteiger partial charge in [-0.25, -0.2) is 0 Å². The number of unbranched alkanes of at least 4 members (excludes halogenated alkanes) is 2. The van der Waals surface area contributed by atoms with Gasteiger partial charge in [-0.3, -0.25) is 9.59 Å². The molecular formula is C22H32N2O2. The molecule has 1 aromatic carbocycles. The maximum atomic E-state index is 13.2. The number of aromatic nitrogens is 1. The molecule has 0 fully saturated rings. The average molecular weight is 357 g/mol. The zero-order valence-electron chi connectivity index (χ0n) is 16.3. The average Bonchev–Trinajstić information content (AvgIpc) is 3.07. The Kier molecular flexibility index (Phi) is 7.89. The fourth-order valence-electron chi connectivity index (χ4n) is 3.51. The van der Waals surface area contributed by atoms with Gasteiger partial charge in [0.25, 0.3) is 0 Å². The van der Waals surface area contributed by atoms with E-state index in [9.17, 15) is 9.59 Å². The third-order valence-corrected chi connectivity index (χ3v) is 5.15. The lowest BCUT2D eigenvalue weighted by Crippen LogP contribution is -2.44. The van der Waals surface area contributed by atoms with Crippen LogP contribution in [0.15, 0.2) is 30.5 Å². The molecule has 0 radical (unpaired) electrons. The van der Waals surface area contributed by atoms with E-state index in [1.165, 1.54) is 0 Å². The summed E-state index contributed by atoms with van der Waals surface area (Å²) in [4.78, 5) is 28.4. The van der Waals surface area contributed by atoms with Crippen LogP contribution in [0.4, 0.5) is 0 Å². The minimum absolute atomic E-state index is 0.0221. The van der Waals surface area contributed by atoms with Crippen LogP contribution in [-0.4, -0.2) is 22.7 Å². The molecule has 4 nitrogen and oxygen atoms in total. The molecular weight excluding hydrogens is 324 g/mol. The van der Waals surface area contributed by atoms with Gasteiger partial charge < -0.3 is 10.3 Å². The molecule has 0 spiro atoms. The van der Waals surface area contributed by atoms with Gasteiger partial charge in [0.15, 0.2) is 5.78 Å². The largest absolute Gasteiger partial charge is 0.361 e. The Bertz CT molecular complexity index is 720. The van der Waals surface area contributed by atoms with Crippen molar-refractivity contribution in [2.24, 2.45) is 5.92 Å². The second kappa shape index (κ2) is 10.1. The number of fused-ring (bicyclic) bond motifs is 1. The molecule has 2 aromatic rings. The summed E-state index contributed by atoms with van der Waals surface area (Å²) >= 11 is 0. The van der Waals surface area contributed by atoms with Crippen molar-refractivity contribution in [3.05, 3.63) is 36.0 Å². The van der Waals surface area contributed by atoms with Crippen LogP contribution >= 0.6 is 0 Å². The molecule has 1 amide bonds. The van der Waals surface area contributed by atoms with Gasteiger partial charge in [-0.15, -0.1) is 0 Å². The van der Waals surface area contributed by atoms with Crippen molar-refractivity contribution in [2.75, 3.05) is 0 Å². The number of hydrogen-bond donors (Lipinski definition) is 2. The first-order valence-corrected chi connectivity index (χ1v) is 9.98. The Morgan fingerprint density at radius 3 is 2.58 bits per heavy atom. The highest BCUT2D eigenvalue weighted by Gasteiger charge is 2.27. The fraction of sp³-hybridized carbons (Fsp3) is 0.545. The zero-order valence-corrected chi connectivity index (χ0v) is 16.3. The van der Waals surface area contributed by atoms with E-state index in [0.717, 1.165) is 48.6 Å². The van der Waals surface area contributed by atoms with Crippen LogP contribution in [-0.2, 0) is 16.0 Å². The number of benzene rings is 1. The molecule has 0 aliphatic rings. The lowest BCUT2D eigenvalue weighted by Gasteiger charge is -2.23. The molecule has 2 unspecified atom stereocenters. The van der Waals surface area contributed by atoms with Crippen molar-refractivity contribution in [3.8, 4) is 0 Å². The summed E-state index contributed by atoms with van der Waals surface area (Å²) in [5.41, 5.74) is 2.14. The molecule has 2 atom stereocenters. The maximum absolute atomic E-state index is 13.2. The number of rotatable bonds is 11. The highest BCUT2D eigenvalue weighted by Crippen LogP contribution is 2.22. The normalized spacial score (nSPS) is 13.5. The minimum Gasteiger partial charge on any atom is -0.361 e. The molecule has 2 N–H and O–H groups in total. The third-order valence-electron chi connectivity index (χ3n) is 5.15. The second-order valence-corrected chi connectivity index (χ2v) is 7.04. The van der Waals surface area contributed by atoms with E-state index in [0.29, 0.717) is 12.8 Å². The monoisotopic (exact) mass is 356 g/mol. The number of para-hydroxylation sites is 1. The lowest BCUT2D eigenvalue weighted by molar-refractivity contribution is -0.130. The van der Waals surface area contributed by atoms with E-state index in [1.807, 2.05) is 31.3 Å². The van der Waals surface area contributed by atoms with Gasteiger partial charge in [0.05, 0.1) is 6.04 Å². The summed E-state index contributed by atoms with van der Waals surface area (Å²) < 4.78 is 0. The highest BCUT2D eigenvalue weighted by atomic mass is 16.2. The molecule has 142 valence electrons. The summed E-state index contributed by atoms with van der Waals surface area (Å²) in [7, 11) is 0. The first-order valence-electron chi connectivity index (χ1n) is 9.98. The first-order chi connectivity index (χ1) is 12.6. The summed E-state index contributed by atoms with van der Waals surface area (Å²) in [6.45, 7) is 6.06. The molecule has 26 heavy (non-hydrogen) atoms. The topological polar surface area (TPSA) is 62.0 Å². The van der Waals surface area contributed by atoms with Crippen LogP contribution in [0.25, 0.3) is 10.9 Å². The van der Waals surface area contributed by atoms with Crippen molar-refractivity contribution < 1.29 is 9.59 Å². The number of ketones is 1. The van der Waals surface area contributed by atoms with Crippen LogP contribution in [0.5, 0.6) is 0 Å². The predicted molar refractivity (Wildman–Crippen MR) is 107 cm³/mol. The van der Waals surface area contributed by atoms with Gasteiger partial charge in [0.1, 0.15) is 0 Å². The minimum atomic E-state index is -0.451. The highest BCUT2D eigenvalue weighted by molar-refractivity contribution is 5.92. The number of hydrogen-bond acceptors (Lipinski definition) is 2. The zero-order chi connectivity index (χ0) is 18.9. The van der Waals surface area contributed by atoms with Crippen molar-refractivity contribution in [2.45, 2.75) is 71.8 Å². The number of Topliss-reactive ketones (excluding diaryl/α,β-unsaturated/α-hetero) is 1. The molecule has 0 saturated heterocycles. The fourth-order valence-corrected chi connectivity index (χ4v) is 3.51. The summed E-state index contributed by atoms with van der Waals surface area (Å²) in [5, 5.41) is 4.09. The molecule has 4 heteroatoms. The van der Waals surface area contributed by atoms with Crippen LogP contribution < -0.4 is 5.32 Å². The molecule has 1 heterocycles. The van der Waals surface area contributed by atoms with Crippen molar-refractivity contribution >= 4 is 22.6 Å². The predicted octanol–water partition coefficient (Wildman–Crippen LogP) is 4.78. The van der Waals surface area contributed by atoms with E-state index in [2.05, 4.69) is 30.2 Å². The van der Waals surface area contributed by atoms with Crippen LogP contribution in [0.1, 0.15) is 64.9 Å². The van der Waals surface area contributed by atoms with Crippen LogP contribution in [0.3, 0.4) is 0 Å². The SMILES string of the molecule is CCCCCC(CC)C(=O)C(Cc1c[nH]c2ccccc12)NC(=O)CC. The summed E-state index contributed by atoms with van der Waals surface area (Å²) in [6.07, 6.45) is 8.01. The molecule has 2 rings (SSSR count). The summed E-state index contributed by atoms with van der Waals surface area (Å²) in [5.74, 6) is 0.135. The molecule has 0 saturated carbocycles. The number of nitrogens with one attached hydrogen (secondary N) is 2. The third kappa shape index (κ3) is 5.20. The van der Waals surface area contributed by atoms with E-state index in [1.54, 1.807) is 0 Å². The Labute approximate surface area is 156 Å². The van der Waals surface area contributed by atoms with E-state index >= 15 is 0 Å². The van der Waals surface area contributed by atoms with E-state index < -0.39 is 6.04 Å². The smallest absolute Gasteiger partial charge is 0.220 e. The van der Waals surface area contributed by atoms with Crippen molar-refractivity contribution in [3.63, 3.8) is 0 Å². The Hall–Kier alpha value is -2.10. The van der Waals surface area contributed by atoms with Crippen LogP contribution in [0, 0.1) is 5.92 Å². The summed E-state index contributed by atoms with van der Waals surface area (Å²) in [6, 6.07) is 7.63. The number of carbonyl (C=O) groups excluding carboxylic acids is 2. The molecule has 0 bridgehead atoms. The standard InChI is InChI=1S/C22H32N2O2/c1-4-7-8-11-16(5-2)22(26)20(24-21(25)6-3)14-17-15-23-19-13-10-9-12-18(17)19/h9-10,12-13,15-16,20,23H,4-8,11,14H2,1-3H3,(H,24,25). The number of amides is 1. The van der Waals surface area contributed by atoms with Gasteiger partial charge >= 0.3 is 0 Å². The molecule has 0 aliphatic carbocycles. The number of aromatic amines is 1. The van der Waals surface area contributed by atoms with Crippen molar-refractivity contribution in [1.82, 2.24) is 10.3 Å². The van der Waals surface area contributed by atoms with E-state index in [-0.39, 0.29) is 17.6 Å². The molecule has 1 aromatic heterocycles. The first kappa shape index (κ1) is 20.2. The van der Waals surface area contributed by atoms with Crippen LogP contribution in [0.2, 0.25) is 0 Å². The van der Waals surface area contributed by atoms with Gasteiger partial charge in [-0.2, -0.15) is 0 Å². The molecule has 0 aliphatic heterocycles. The Morgan fingerprint density at radius 2 is 1.88 bits per heavy atom. The quantitative estimate of drug-likeness (QED) is 0.569. The van der Waals surface area contributed by atoms with E-state index in [4.69, 9.17) is 0 Å². The van der Waals surface area contributed by atoms with Gasteiger partial charge in [0, 0.05) is 35.9 Å². The lowest BCUT2D eigenvalue weighted by atomic mass is 9.87. The maximum Gasteiger partial charge on any atom is 0.220 e. The Balaban J connectivity index is 2.18. The van der Waals surface area contributed by atoms with Gasteiger partial charge in [-0.1, -0.05) is 58.2 Å². The van der Waals surface area contributed by atoms with Gasteiger partial charge in [0.2, 0.25) is 5.91 Å². The Morgan fingerprint density at radius 1 is 1.12 bits per heavy atom. The van der Waals surface area contributed by atoms with Gasteiger partial charge in [-0.05, 0) is 24.5 Å². The second-order valence-electron chi connectivity index (χ2n) is 7.04. The number of carbonyl (C=O) groups is 2.